The summed E-state index contributed by atoms with van der Waals surface area (Å²) in [6, 6.07) is 6.22. The fourth-order valence-corrected chi connectivity index (χ4v) is 4.78. The lowest BCUT2D eigenvalue weighted by atomic mass is 10.4. The molecule has 0 atom stereocenters. The molecule has 1 aromatic carbocycles. The van der Waals surface area contributed by atoms with Crippen LogP contribution in [0.4, 0.5) is 0 Å². The van der Waals surface area contributed by atoms with Crippen LogP contribution in [0.5, 0.6) is 0 Å². The summed E-state index contributed by atoms with van der Waals surface area (Å²) >= 11 is 5.92. The summed E-state index contributed by atoms with van der Waals surface area (Å²) in [5.74, 6) is 0. The molecule has 112 valence electrons. The molecule has 1 aliphatic heterocycles. The lowest BCUT2D eigenvalue weighted by Crippen LogP contribution is -2.50. The summed E-state index contributed by atoms with van der Waals surface area (Å²) in [7, 11) is -6.96. The minimum Gasteiger partial charge on any atom is -0.213 e. The van der Waals surface area contributed by atoms with Gasteiger partial charge in [0.15, 0.2) is 0 Å². The van der Waals surface area contributed by atoms with Crippen LogP contribution in [0.3, 0.4) is 0 Å². The maximum atomic E-state index is 12.4. The molecule has 1 fully saturated rings. The summed E-state index contributed by atoms with van der Waals surface area (Å²) in [4.78, 5) is 0.0504. The molecule has 1 saturated heterocycles. The van der Waals surface area contributed by atoms with Gasteiger partial charge in [-0.2, -0.15) is 8.61 Å². The second-order valence-electron chi connectivity index (χ2n) is 4.50. The highest BCUT2D eigenvalue weighted by molar-refractivity contribution is 7.89. The first-order valence-electron chi connectivity index (χ1n) is 5.93. The van der Waals surface area contributed by atoms with Crippen molar-refractivity contribution in [2.24, 2.45) is 0 Å². The first kappa shape index (κ1) is 15.7. The molecular weight excluding hydrogens is 324 g/mol. The highest BCUT2D eigenvalue weighted by Crippen LogP contribution is 2.25. The van der Waals surface area contributed by atoms with Crippen molar-refractivity contribution in [3.8, 4) is 0 Å². The van der Waals surface area contributed by atoms with E-state index in [0.29, 0.717) is 0 Å². The van der Waals surface area contributed by atoms with E-state index in [-0.39, 0.29) is 36.1 Å². The van der Waals surface area contributed by atoms with E-state index in [2.05, 4.69) is 0 Å². The molecule has 6 nitrogen and oxygen atoms in total. The predicted octanol–water partition coefficient (Wildman–Crippen LogP) is 0.606. The first-order valence-corrected chi connectivity index (χ1v) is 9.59. The summed E-state index contributed by atoms with van der Waals surface area (Å²) in [5.41, 5.74) is 0. The largest absolute Gasteiger partial charge is 0.244 e. The third-order valence-electron chi connectivity index (χ3n) is 3.12. The molecule has 2 rings (SSSR count). The Hall–Kier alpha value is -0.670. The summed E-state index contributed by atoms with van der Waals surface area (Å²) in [5, 5.41) is 0.165. The van der Waals surface area contributed by atoms with Crippen LogP contribution in [0.25, 0.3) is 0 Å². The zero-order valence-corrected chi connectivity index (χ0v) is 13.2. The van der Waals surface area contributed by atoms with Crippen LogP contribution in [0.2, 0.25) is 5.02 Å². The Morgan fingerprint density at radius 1 is 0.950 bits per heavy atom. The van der Waals surface area contributed by atoms with Gasteiger partial charge < -0.3 is 0 Å². The highest BCUT2D eigenvalue weighted by Gasteiger charge is 2.32. The maximum absolute atomic E-state index is 12.4. The van der Waals surface area contributed by atoms with E-state index in [4.69, 9.17) is 11.6 Å². The zero-order chi connectivity index (χ0) is 15.0. The number of nitrogens with zero attached hydrogens (tertiary/aromatic N) is 2. The highest BCUT2D eigenvalue weighted by atomic mass is 35.5. The van der Waals surface area contributed by atoms with Gasteiger partial charge in [0.05, 0.1) is 11.3 Å². The minimum absolute atomic E-state index is 0.0504. The number of halogens is 1. The van der Waals surface area contributed by atoms with Gasteiger partial charge in [0, 0.05) is 26.2 Å². The Kier molecular flexibility index (Phi) is 4.41. The number of hydrogen-bond acceptors (Lipinski definition) is 4. The van der Waals surface area contributed by atoms with Crippen LogP contribution in [-0.2, 0) is 20.0 Å². The van der Waals surface area contributed by atoms with Crippen molar-refractivity contribution in [1.29, 1.82) is 0 Å². The summed E-state index contributed by atoms with van der Waals surface area (Å²) in [6.07, 6.45) is 1.12. The van der Waals surface area contributed by atoms with E-state index in [1.807, 2.05) is 0 Å². The fourth-order valence-electron chi connectivity index (χ4n) is 2.03. The second kappa shape index (κ2) is 5.61. The van der Waals surface area contributed by atoms with Crippen LogP contribution in [0, 0.1) is 0 Å². The van der Waals surface area contributed by atoms with Crippen molar-refractivity contribution in [1.82, 2.24) is 8.61 Å². The fraction of sp³-hybridized carbons (Fsp3) is 0.455. The summed E-state index contributed by atoms with van der Waals surface area (Å²) < 4.78 is 50.2. The predicted molar refractivity (Wildman–Crippen MR) is 76.6 cm³/mol. The van der Waals surface area contributed by atoms with Crippen molar-refractivity contribution in [3.63, 3.8) is 0 Å². The van der Waals surface area contributed by atoms with Gasteiger partial charge >= 0.3 is 0 Å². The smallest absolute Gasteiger partial charge is 0.213 e. The van der Waals surface area contributed by atoms with Crippen LogP contribution in [0.1, 0.15) is 0 Å². The SMILES string of the molecule is CS(=O)(=O)N1CCN(S(=O)(=O)c2ccccc2Cl)CC1. The second-order valence-corrected chi connectivity index (χ2v) is 8.79. The Bertz CT molecular complexity index is 695. The van der Waals surface area contributed by atoms with E-state index in [9.17, 15) is 16.8 Å². The van der Waals surface area contributed by atoms with Gasteiger partial charge in [-0.05, 0) is 12.1 Å². The van der Waals surface area contributed by atoms with Crippen molar-refractivity contribution in [3.05, 3.63) is 29.3 Å². The van der Waals surface area contributed by atoms with Gasteiger partial charge in [-0.3, -0.25) is 0 Å². The number of rotatable bonds is 3. The molecule has 0 N–H and O–H groups in total. The third kappa shape index (κ3) is 3.15. The molecule has 0 saturated carbocycles. The van der Waals surface area contributed by atoms with Gasteiger partial charge in [0.2, 0.25) is 20.0 Å². The van der Waals surface area contributed by atoms with Gasteiger partial charge in [-0.15, -0.1) is 0 Å². The molecule has 1 heterocycles. The Balaban J connectivity index is 2.20. The quantitative estimate of drug-likeness (QED) is 0.809. The summed E-state index contributed by atoms with van der Waals surface area (Å²) in [6.45, 7) is 0.562. The molecule has 0 radical (unpaired) electrons. The van der Waals surface area contributed by atoms with Crippen LogP contribution >= 0.6 is 11.6 Å². The molecule has 1 aromatic rings. The van der Waals surface area contributed by atoms with Crippen molar-refractivity contribution in [2.45, 2.75) is 4.90 Å². The molecular formula is C11H15ClN2O4S2. The molecule has 0 spiro atoms. The van der Waals surface area contributed by atoms with Crippen molar-refractivity contribution in [2.75, 3.05) is 32.4 Å². The van der Waals surface area contributed by atoms with E-state index in [1.54, 1.807) is 12.1 Å². The van der Waals surface area contributed by atoms with Crippen LogP contribution < -0.4 is 0 Å². The first-order chi connectivity index (χ1) is 9.23. The van der Waals surface area contributed by atoms with Gasteiger partial charge in [0.1, 0.15) is 4.90 Å². The number of sulfonamides is 2. The Labute approximate surface area is 124 Å². The van der Waals surface area contributed by atoms with E-state index < -0.39 is 20.0 Å². The van der Waals surface area contributed by atoms with Gasteiger partial charge in [-0.1, -0.05) is 23.7 Å². The lowest BCUT2D eigenvalue weighted by molar-refractivity contribution is 0.274. The Morgan fingerprint density at radius 2 is 1.45 bits per heavy atom. The maximum Gasteiger partial charge on any atom is 0.244 e. The number of hydrogen-bond donors (Lipinski definition) is 0. The zero-order valence-electron chi connectivity index (χ0n) is 10.9. The van der Waals surface area contributed by atoms with E-state index >= 15 is 0 Å². The number of benzene rings is 1. The molecule has 0 amide bonds. The average Bonchev–Trinajstić information content (AvgIpc) is 2.38. The molecule has 0 bridgehead atoms. The van der Waals surface area contributed by atoms with Gasteiger partial charge in [-0.25, -0.2) is 16.8 Å². The standard InChI is InChI=1S/C11H15ClN2O4S2/c1-19(15,16)13-6-8-14(9-7-13)20(17,18)11-5-3-2-4-10(11)12/h2-5H,6-9H2,1H3. The Morgan fingerprint density at radius 3 is 1.95 bits per heavy atom. The molecule has 0 unspecified atom stereocenters. The van der Waals surface area contributed by atoms with E-state index in [0.717, 1.165) is 6.26 Å². The molecule has 1 aliphatic rings. The third-order valence-corrected chi connectivity index (χ3v) is 6.82. The van der Waals surface area contributed by atoms with E-state index in [1.165, 1.54) is 20.7 Å². The lowest BCUT2D eigenvalue weighted by Gasteiger charge is -2.32. The average molecular weight is 339 g/mol. The molecule has 20 heavy (non-hydrogen) atoms. The number of piperazine rings is 1. The van der Waals surface area contributed by atoms with Crippen LogP contribution in [0.15, 0.2) is 29.2 Å². The molecule has 9 heteroatoms. The van der Waals surface area contributed by atoms with Crippen molar-refractivity contribution < 1.29 is 16.8 Å². The minimum atomic E-state index is -3.68. The molecule has 0 aromatic heterocycles. The van der Waals surface area contributed by atoms with Crippen LogP contribution in [-0.4, -0.2) is 57.9 Å². The monoisotopic (exact) mass is 338 g/mol. The van der Waals surface area contributed by atoms with Gasteiger partial charge in [0.25, 0.3) is 0 Å². The molecule has 0 aliphatic carbocycles. The normalized spacial score (nSPS) is 19.1. The van der Waals surface area contributed by atoms with Crippen molar-refractivity contribution >= 4 is 31.6 Å². The topological polar surface area (TPSA) is 74.8 Å².